The van der Waals surface area contributed by atoms with Gasteiger partial charge in [0.15, 0.2) is 5.76 Å². The van der Waals surface area contributed by atoms with Crippen LogP contribution in [-0.2, 0) is 16.1 Å². The number of carbonyl (C=O) groups is 3. The Hall–Kier alpha value is -2.38. The van der Waals surface area contributed by atoms with Gasteiger partial charge in [-0.05, 0) is 12.3 Å². The molecule has 8 nitrogen and oxygen atoms in total. The first-order valence-corrected chi connectivity index (χ1v) is 6.39. The van der Waals surface area contributed by atoms with Crippen LogP contribution in [0.4, 0.5) is 4.79 Å². The second kappa shape index (κ2) is 6.87. The molecule has 8 heteroatoms. The minimum Gasteiger partial charge on any atom is -0.481 e. The number of amides is 3. The summed E-state index contributed by atoms with van der Waals surface area (Å²) in [6.45, 7) is 5.16. The van der Waals surface area contributed by atoms with Crippen molar-refractivity contribution in [3.8, 4) is 0 Å². The molecule has 3 N–H and O–H groups in total. The summed E-state index contributed by atoms with van der Waals surface area (Å²) in [6, 6.07) is 0.998. The van der Waals surface area contributed by atoms with E-state index in [1.54, 1.807) is 26.8 Å². The summed E-state index contributed by atoms with van der Waals surface area (Å²) in [6.07, 6.45) is -0.215. The SMILES string of the molecule is Cc1cc(CNC(=O)NC(=O)CC(C)(C)CC(=O)O)on1. The molecule has 0 aliphatic carbocycles. The average Bonchev–Trinajstić information content (AvgIpc) is 2.69. The van der Waals surface area contributed by atoms with Gasteiger partial charge in [0.2, 0.25) is 5.91 Å². The fraction of sp³-hybridized carbons (Fsp3) is 0.538. The lowest BCUT2D eigenvalue weighted by atomic mass is 9.85. The Balaban J connectivity index is 2.36. The highest BCUT2D eigenvalue weighted by Gasteiger charge is 2.25. The summed E-state index contributed by atoms with van der Waals surface area (Å²) < 4.78 is 4.90. The van der Waals surface area contributed by atoms with Gasteiger partial charge in [-0.2, -0.15) is 0 Å². The van der Waals surface area contributed by atoms with E-state index >= 15 is 0 Å². The number of aryl methyl sites for hydroxylation is 1. The molecule has 0 aliphatic rings. The Morgan fingerprint density at radius 2 is 2.00 bits per heavy atom. The number of carboxylic acids is 1. The maximum absolute atomic E-state index is 11.7. The number of imide groups is 1. The molecule has 0 bridgehead atoms. The third-order valence-corrected chi connectivity index (χ3v) is 2.62. The minimum absolute atomic E-state index is 0.0614. The topological polar surface area (TPSA) is 122 Å². The van der Waals surface area contributed by atoms with Crippen molar-refractivity contribution >= 4 is 17.9 Å². The second-order valence-corrected chi connectivity index (χ2v) is 5.58. The largest absolute Gasteiger partial charge is 0.481 e. The molecule has 116 valence electrons. The van der Waals surface area contributed by atoms with E-state index in [0.29, 0.717) is 11.5 Å². The number of carbonyl (C=O) groups excluding carboxylic acids is 2. The summed E-state index contributed by atoms with van der Waals surface area (Å²) >= 11 is 0. The van der Waals surface area contributed by atoms with Crippen LogP contribution in [0.15, 0.2) is 10.6 Å². The van der Waals surface area contributed by atoms with Crippen LogP contribution in [0.5, 0.6) is 0 Å². The van der Waals surface area contributed by atoms with E-state index in [1.165, 1.54) is 0 Å². The molecule has 0 saturated heterocycles. The van der Waals surface area contributed by atoms with Crippen LogP contribution in [0.2, 0.25) is 0 Å². The lowest BCUT2D eigenvalue weighted by Crippen LogP contribution is -2.40. The minimum atomic E-state index is -0.988. The van der Waals surface area contributed by atoms with Gasteiger partial charge >= 0.3 is 12.0 Å². The van der Waals surface area contributed by atoms with Crippen LogP contribution in [0.3, 0.4) is 0 Å². The third kappa shape index (κ3) is 6.55. The van der Waals surface area contributed by atoms with Gasteiger partial charge in [-0.1, -0.05) is 19.0 Å². The molecule has 0 radical (unpaired) electrons. The number of carboxylic acid groups (broad SMARTS) is 1. The zero-order chi connectivity index (χ0) is 16.0. The predicted molar refractivity (Wildman–Crippen MR) is 72.3 cm³/mol. The summed E-state index contributed by atoms with van der Waals surface area (Å²) in [5.41, 5.74) is -0.0307. The normalized spacial score (nSPS) is 11.0. The number of hydrogen-bond donors (Lipinski definition) is 3. The first-order valence-electron chi connectivity index (χ1n) is 6.39. The highest BCUT2D eigenvalue weighted by Crippen LogP contribution is 2.24. The molecular formula is C13H19N3O5. The summed E-state index contributed by atoms with van der Waals surface area (Å²) in [4.78, 5) is 33.8. The zero-order valence-corrected chi connectivity index (χ0v) is 12.2. The Bertz CT molecular complexity index is 536. The molecule has 0 spiro atoms. The van der Waals surface area contributed by atoms with Gasteiger partial charge in [-0.3, -0.25) is 14.9 Å². The highest BCUT2D eigenvalue weighted by molar-refractivity contribution is 5.94. The van der Waals surface area contributed by atoms with Crippen molar-refractivity contribution in [2.75, 3.05) is 0 Å². The van der Waals surface area contributed by atoms with Crippen LogP contribution < -0.4 is 10.6 Å². The van der Waals surface area contributed by atoms with Gasteiger partial charge in [0.05, 0.1) is 18.7 Å². The number of aromatic nitrogens is 1. The molecule has 1 heterocycles. The molecule has 1 aromatic heterocycles. The fourth-order valence-corrected chi connectivity index (χ4v) is 1.79. The van der Waals surface area contributed by atoms with Gasteiger partial charge in [0.25, 0.3) is 0 Å². The first-order chi connectivity index (χ1) is 9.68. The van der Waals surface area contributed by atoms with Gasteiger partial charge in [0.1, 0.15) is 0 Å². The lowest BCUT2D eigenvalue weighted by Gasteiger charge is -2.21. The Labute approximate surface area is 121 Å². The Kier molecular flexibility index (Phi) is 5.45. The maximum Gasteiger partial charge on any atom is 0.321 e. The molecule has 1 rings (SSSR count). The van der Waals surface area contributed by atoms with Crippen LogP contribution >= 0.6 is 0 Å². The maximum atomic E-state index is 11.7. The van der Waals surface area contributed by atoms with E-state index in [-0.39, 0.29) is 19.4 Å². The van der Waals surface area contributed by atoms with Gasteiger partial charge in [0, 0.05) is 12.5 Å². The van der Waals surface area contributed by atoms with Crippen molar-refractivity contribution in [2.24, 2.45) is 5.41 Å². The predicted octanol–water partition coefficient (Wildman–Crippen LogP) is 1.20. The number of nitrogens with one attached hydrogen (secondary N) is 2. The quantitative estimate of drug-likeness (QED) is 0.725. The van der Waals surface area contributed by atoms with Crippen LogP contribution in [0, 0.1) is 12.3 Å². The summed E-state index contributed by atoms with van der Waals surface area (Å²) in [5, 5.41) is 17.0. The van der Waals surface area contributed by atoms with E-state index in [1.807, 2.05) is 0 Å². The van der Waals surface area contributed by atoms with Crippen LogP contribution in [0.25, 0.3) is 0 Å². The molecule has 3 amide bonds. The monoisotopic (exact) mass is 297 g/mol. The van der Waals surface area contributed by atoms with Crippen molar-refractivity contribution in [2.45, 2.75) is 40.2 Å². The van der Waals surface area contributed by atoms with E-state index in [9.17, 15) is 14.4 Å². The highest BCUT2D eigenvalue weighted by atomic mass is 16.5. The van der Waals surface area contributed by atoms with Crippen molar-refractivity contribution in [1.29, 1.82) is 0 Å². The summed E-state index contributed by atoms with van der Waals surface area (Å²) in [7, 11) is 0. The smallest absolute Gasteiger partial charge is 0.321 e. The Morgan fingerprint density at radius 1 is 1.33 bits per heavy atom. The standard InChI is InChI=1S/C13H19N3O5/c1-8-4-9(21-16-8)7-14-12(20)15-10(17)5-13(2,3)6-11(18)19/h4H,5-7H2,1-3H3,(H,18,19)(H2,14,15,17,20). The van der Waals surface area contributed by atoms with Crippen molar-refractivity contribution in [1.82, 2.24) is 15.8 Å². The molecule has 0 saturated carbocycles. The first kappa shape index (κ1) is 16.7. The van der Waals surface area contributed by atoms with Gasteiger partial charge < -0.3 is 14.9 Å². The average molecular weight is 297 g/mol. The summed E-state index contributed by atoms with van der Waals surface area (Å²) in [5.74, 6) is -1.05. The van der Waals surface area contributed by atoms with Gasteiger partial charge in [-0.25, -0.2) is 4.79 Å². The second-order valence-electron chi connectivity index (χ2n) is 5.58. The molecule has 0 fully saturated rings. The lowest BCUT2D eigenvalue weighted by molar-refractivity contribution is -0.139. The number of urea groups is 1. The van der Waals surface area contributed by atoms with Crippen LogP contribution in [0.1, 0.15) is 38.1 Å². The van der Waals surface area contributed by atoms with E-state index in [0.717, 1.165) is 0 Å². The van der Waals surface area contributed by atoms with E-state index in [2.05, 4.69) is 15.8 Å². The van der Waals surface area contributed by atoms with Crippen LogP contribution in [-0.4, -0.2) is 28.2 Å². The number of rotatable bonds is 6. The van der Waals surface area contributed by atoms with Crippen molar-refractivity contribution in [3.63, 3.8) is 0 Å². The molecule has 0 aromatic carbocycles. The number of nitrogens with zero attached hydrogens (tertiary/aromatic N) is 1. The molecule has 0 atom stereocenters. The molecular weight excluding hydrogens is 278 g/mol. The van der Waals surface area contributed by atoms with Gasteiger partial charge in [-0.15, -0.1) is 0 Å². The fourth-order valence-electron chi connectivity index (χ4n) is 1.79. The third-order valence-electron chi connectivity index (χ3n) is 2.62. The molecule has 0 aliphatic heterocycles. The number of aliphatic carboxylic acids is 1. The zero-order valence-electron chi connectivity index (χ0n) is 12.2. The molecule has 0 unspecified atom stereocenters. The molecule has 21 heavy (non-hydrogen) atoms. The van der Waals surface area contributed by atoms with E-state index in [4.69, 9.17) is 9.63 Å². The van der Waals surface area contributed by atoms with E-state index < -0.39 is 23.3 Å². The Morgan fingerprint density at radius 3 is 2.52 bits per heavy atom. The van der Waals surface area contributed by atoms with Crippen molar-refractivity contribution in [3.05, 3.63) is 17.5 Å². The molecule has 1 aromatic rings. The van der Waals surface area contributed by atoms with Crippen molar-refractivity contribution < 1.29 is 24.0 Å². The number of hydrogen-bond acceptors (Lipinski definition) is 5.